The lowest BCUT2D eigenvalue weighted by atomic mass is 10.1. The number of carbonyl (C=O) groups is 1. The SMILES string of the molecule is CC[C@@H](C)N(C(=O)[C@@H]1C[C@@H]1c1ccccc1)[C@@H](C)CC. The third-order valence-corrected chi connectivity index (χ3v) is 4.72. The van der Waals surface area contributed by atoms with E-state index >= 15 is 0 Å². The van der Waals surface area contributed by atoms with Crippen molar-refractivity contribution in [1.29, 1.82) is 0 Å². The molecule has 1 saturated carbocycles. The Morgan fingerprint density at radius 3 is 2.20 bits per heavy atom. The summed E-state index contributed by atoms with van der Waals surface area (Å²) in [7, 11) is 0. The molecule has 0 N–H and O–H groups in total. The summed E-state index contributed by atoms with van der Waals surface area (Å²) in [5, 5.41) is 0. The molecule has 0 radical (unpaired) electrons. The van der Waals surface area contributed by atoms with Gasteiger partial charge >= 0.3 is 0 Å². The molecule has 4 atom stereocenters. The van der Waals surface area contributed by atoms with Gasteiger partial charge in [0.05, 0.1) is 0 Å². The summed E-state index contributed by atoms with van der Waals surface area (Å²) in [6.07, 6.45) is 3.07. The molecule has 1 aromatic rings. The summed E-state index contributed by atoms with van der Waals surface area (Å²) >= 11 is 0. The molecular formula is C18H27NO. The van der Waals surface area contributed by atoms with E-state index in [0.717, 1.165) is 19.3 Å². The van der Waals surface area contributed by atoms with Gasteiger partial charge in [-0.15, -0.1) is 0 Å². The molecule has 1 aliphatic carbocycles. The van der Waals surface area contributed by atoms with Crippen LogP contribution in [0.3, 0.4) is 0 Å². The van der Waals surface area contributed by atoms with E-state index in [1.165, 1.54) is 5.56 Å². The minimum atomic E-state index is 0.209. The van der Waals surface area contributed by atoms with Crippen molar-refractivity contribution >= 4 is 5.91 Å². The van der Waals surface area contributed by atoms with E-state index in [9.17, 15) is 4.79 Å². The Bertz CT molecular complexity index is 432. The van der Waals surface area contributed by atoms with Crippen LogP contribution in [0, 0.1) is 5.92 Å². The molecule has 1 aliphatic rings. The minimum absolute atomic E-state index is 0.209. The number of rotatable bonds is 6. The van der Waals surface area contributed by atoms with Gasteiger partial charge in [-0.2, -0.15) is 0 Å². The smallest absolute Gasteiger partial charge is 0.226 e. The summed E-state index contributed by atoms with van der Waals surface area (Å²) in [4.78, 5) is 14.9. The van der Waals surface area contributed by atoms with Crippen LogP contribution in [-0.2, 0) is 4.79 Å². The zero-order chi connectivity index (χ0) is 14.7. The fraction of sp³-hybridized carbons (Fsp3) is 0.611. The highest BCUT2D eigenvalue weighted by Gasteiger charge is 2.46. The lowest BCUT2D eigenvalue weighted by Gasteiger charge is -2.34. The second kappa shape index (κ2) is 6.43. The first kappa shape index (κ1) is 15.1. The second-order valence-corrected chi connectivity index (χ2v) is 6.12. The fourth-order valence-corrected chi connectivity index (χ4v) is 2.99. The molecule has 0 saturated heterocycles. The number of benzene rings is 1. The molecule has 0 unspecified atom stereocenters. The van der Waals surface area contributed by atoms with Crippen LogP contribution in [0.25, 0.3) is 0 Å². The zero-order valence-electron chi connectivity index (χ0n) is 13.2. The highest BCUT2D eigenvalue weighted by molar-refractivity contribution is 5.83. The lowest BCUT2D eigenvalue weighted by molar-refractivity contribution is -0.137. The van der Waals surface area contributed by atoms with Crippen LogP contribution >= 0.6 is 0 Å². The molecule has 110 valence electrons. The molecule has 20 heavy (non-hydrogen) atoms. The second-order valence-electron chi connectivity index (χ2n) is 6.12. The Labute approximate surface area is 123 Å². The maximum atomic E-state index is 12.8. The van der Waals surface area contributed by atoms with E-state index < -0.39 is 0 Å². The molecule has 1 amide bonds. The molecule has 2 heteroatoms. The van der Waals surface area contributed by atoms with Crippen LogP contribution in [-0.4, -0.2) is 22.9 Å². The maximum absolute atomic E-state index is 12.8. The van der Waals surface area contributed by atoms with Crippen molar-refractivity contribution in [2.24, 2.45) is 5.92 Å². The van der Waals surface area contributed by atoms with Crippen molar-refractivity contribution in [2.45, 2.75) is 65.0 Å². The van der Waals surface area contributed by atoms with Crippen LogP contribution in [0.4, 0.5) is 0 Å². The van der Waals surface area contributed by atoms with Gasteiger partial charge in [0.1, 0.15) is 0 Å². The van der Waals surface area contributed by atoms with Crippen LogP contribution in [0.2, 0.25) is 0 Å². The fourth-order valence-electron chi connectivity index (χ4n) is 2.99. The molecule has 1 fully saturated rings. The van der Waals surface area contributed by atoms with Gasteiger partial charge in [-0.05, 0) is 44.6 Å². The Kier molecular flexibility index (Phi) is 4.85. The molecule has 1 aromatic carbocycles. The largest absolute Gasteiger partial charge is 0.337 e. The number of carbonyl (C=O) groups excluding carboxylic acids is 1. The molecule has 2 rings (SSSR count). The van der Waals surface area contributed by atoms with Crippen molar-refractivity contribution < 1.29 is 4.79 Å². The summed E-state index contributed by atoms with van der Waals surface area (Å²) in [5.41, 5.74) is 1.32. The first-order valence-corrected chi connectivity index (χ1v) is 7.97. The Hall–Kier alpha value is -1.31. The maximum Gasteiger partial charge on any atom is 0.226 e. The van der Waals surface area contributed by atoms with Gasteiger partial charge in [-0.1, -0.05) is 44.2 Å². The average molecular weight is 273 g/mol. The van der Waals surface area contributed by atoms with E-state index in [2.05, 4.69) is 56.9 Å². The van der Waals surface area contributed by atoms with Crippen LogP contribution in [0.1, 0.15) is 58.4 Å². The number of nitrogens with zero attached hydrogens (tertiary/aromatic N) is 1. The standard InChI is InChI=1S/C18H27NO/c1-5-13(3)19(14(4)6-2)18(20)17-12-16(17)15-10-8-7-9-11-15/h7-11,13-14,16-17H,5-6,12H2,1-4H3/t13-,14+,16-,17-/m1/s1. The van der Waals surface area contributed by atoms with Gasteiger partial charge in [0.15, 0.2) is 0 Å². The van der Waals surface area contributed by atoms with Crippen molar-refractivity contribution in [3.63, 3.8) is 0 Å². The zero-order valence-corrected chi connectivity index (χ0v) is 13.2. The molecular weight excluding hydrogens is 246 g/mol. The summed E-state index contributed by atoms with van der Waals surface area (Å²) in [5.74, 6) is 1.02. The highest BCUT2D eigenvalue weighted by Crippen LogP contribution is 2.48. The predicted molar refractivity (Wildman–Crippen MR) is 83.6 cm³/mol. The van der Waals surface area contributed by atoms with Crippen molar-refractivity contribution in [3.8, 4) is 0 Å². The van der Waals surface area contributed by atoms with Crippen molar-refractivity contribution in [1.82, 2.24) is 4.90 Å². The molecule has 0 bridgehead atoms. The molecule has 0 spiro atoms. The lowest BCUT2D eigenvalue weighted by Crippen LogP contribution is -2.45. The third kappa shape index (κ3) is 3.05. The first-order chi connectivity index (χ1) is 9.60. The van der Waals surface area contributed by atoms with E-state index in [4.69, 9.17) is 0 Å². The normalized spacial score (nSPS) is 24.0. The van der Waals surface area contributed by atoms with Crippen LogP contribution in [0.15, 0.2) is 30.3 Å². The predicted octanol–water partition coefficient (Wildman–Crippen LogP) is 4.22. The number of amides is 1. The monoisotopic (exact) mass is 273 g/mol. The average Bonchev–Trinajstić information content (AvgIpc) is 3.28. The third-order valence-electron chi connectivity index (χ3n) is 4.72. The summed E-state index contributed by atoms with van der Waals surface area (Å²) in [6, 6.07) is 11.1. The van der Waals surface area contributed by atoms with E-state index in [1.807, 2.05) is 6.07 Å². The van der Waals surface area contributed by atoms with E-state index in [1.54, 1.807) is 0 Å². The molecule has 0 aliphatic heterocycles. The number of hydrogen-bond acceptors (Lipinski definition) is 1. The summed E-state index contributed by atoms with van der Waals surface area (Å²) in [6.45, 7) is 8.66. The number of hydrogen-bond donors (Lipinski definition) is 0. The van der Waals surface area contributed by atoms with Gasteiger partial charge in [0, 0.05) is 18.0 Å². The Balaban J connectivity index is 2.07. The Morgan fingerprint density at radius 2 is 1.70 bits per heavy atom. The molecule has 0 aromatic heterocycles. The van der Waals surface area contributed by atoms with Crippen LogP contribution in [0.5, 0.6) is 0 Å². The highest BCUT2D eigenvalue weighted by atomic mass is 16.2. The van der Waals surface area contributed by atoms with Gasteiger partial charge in [-0.25, -0.2) is 0 Å². The topological polar surface area (TPSA) is 20.3 Å². The van der Waals surface area contributed by atoms with Gasteiger partial charge in [-0.3, -0.25) is 4.79 Å². The first-order valence-electron chi connectivity index (χ1n) is 7.97. The molecule has 0 heterocycles. The van der Waals surface area contributed by atoms with Gasteiger partial charge < -0.3 is 4.90 Å². The van der Waals surface area contributed by atoms with Crippen LogP contribution < -0.4 is 0 Å². The summed E-state index contributed by atoms with van der Waals surface area (Å²) < 4.78 is 0. The van der Waals surface area contributed by atoms with E-state index in [0.29, 0.717) is 23.9 Å². The van der Waals surface area contributed by atoms with Crippen molar-refractivity contribution in [3.05, 3.63) is 35.9 Å². The van der Waals surface area contributed by atoms with E-state index in [-0.39, 0.29) is 5.92 Å². The Morgan fingerprint density at radius 1 is 1.15 bits per heavy atom. The molecule has 2 nitrogen and oxygen atoms in total. The van der Waals surface area contributed by atoms with Gasteiger partial charge in [0.2, 0.25) is 5.91 Å². The van der Waals surface area contributed by atoms with Gasteiger partial charge in [0.25, 0.3) is 0 Å². The van der Waals surface area contributed by atoms with Crippen molar-refractivity contribution in [2.75, 3.05) is 0 Å². The minimum Gasteiger partial charge on any atom is -0.337 e. The quantitative estimate of drug-likeness (QED) is 0.760.